The third-order valence-electron chi connectivity index (χ3n) is 3.90. The van der Waals surface area contributed by atoms with Crippen molar-refractivity contribution < 1.29 is 5.11 Å². The van der Waals surface area contributed by atoms with Crippen LogP contribution in [0.3, 0.4) is 0 Å². The monoisotopic (exact) mass is 267 g/mol. The average Bonchev–Trinajstić information content (AvgIpc) is 2.82. The van der Waals surface area contributed by atoms with E-state index in [0.717, 1.165) is 44.7 Å². The number of aryl methyl sites for hydroxylation is 1. The Bertz CT molecular complexity index is 394. The third-order valence-corrected chi connectivity index (χ3v) is 3.90. The first-order valence-corrected chi connectivity index (χ1v) is 7.07. The van der Waals surface area contributed by atoms with E-state index in [1.54, 1.807) is 6.20 Å². The van der Waals surface area contributed by atoms with Gasteiger partial charge in [0.2, 0.25) is 0 Å². The van der Waals surface area contributed by atoms with E-state index in [1.165, 1.54) is 0 Å². The van der Waals surface area contributed by atoms with Gasteiger partial charge in [-0.05, 0) is 26.9 Å². The van der Waals surface area contributed by atoms with Gasteiger partial charge in [0.1, 0.15) is 0 Å². The zero-order chi connectivity index (χ0) is 13.8. The van der Waals surface area contributed by atoms with Crippen LogP contribution in [0, 0.1) is 0 Å². The fraction of sp³-hybridized carbons (Fsp3) is 0.846. The van der Waals surface area contributed by atoms with Gasteiger partial charge in [-0.2, -0.15) is 0 Å². The molecule has 1 saturated heterocycles. The van der Waals surface area contributed by atoms with Crippen molar-refractivity contribution in [2.45, 2.75) is 38.5 Å². The molecule has 0 spiro atoms. The van der Waals surface area contributed by atoms with Gasteiger partial charge in [-0.3, -0.25) is 0 Å². The van der Waals surface area contributed by atoms with E-state index in [4.69, 9.17) is 0 Å². The lowest BCUT2D eigenvalue weighted by molar-refractivity contribution is 0.0600. The molecule has 1 aliphatic rings. The van der Waals surface area contributed by atoms with Gasteiger partial charge in [-0.1, -0.05) is 12.1 Å². The molecule has 1 fully saturated rings. The second-order valence-corrected chi connectivity index (χ2v) is 5.53. The van der Waals surface area contributed by atoms with Gasteiger partial charge in [0.15, 0.2) is 0 Å². The number of rotatable bonds is 5. The number of piperazine rings is 1. The summed E-state index contributed by atoms with van der Waals surface area (Å²) in [5, 5.41) is 18.4. The smallest absolute Gasteiger partial charge is 0.0988 e. The van der Waals surface area contributed by atoms with Crippen LogP contribution in [0.2, 0.25) is 0 Å². The predicted molar refractivity (Wildman–Crippen MR) is 73.8 cm³/mol. The summed E-state index contributed by atoms with van der Waals surface area (Å²) in [6, 6.07) is 0.388. The van der Waals surface area contributed by atoms with E-state index in [1.807, 2.05) is 4.68 Å². The second kappa shape index (κ2) is 6.45. The van der Waals surface area contributed by atoms with Gasteiger partial charge in [0.25, 0.3) is 0 Å². The van der Waals surface area contributed by atoms with E-state index < -0.39 is 6.10 Å². The molecule has 6 heteroatoms. The lowest BCUT2D eigenvalue weighted by atomic mass is 10.0. The summed E-state index contributed by atoms with van der Waals surface area (Å²) >= 11 is 0. The maximum atomic E-state index is 10.4. The molecule has 0 saturated carbocycles. The minimum Gasteiger partial charge on any atom is -0.387 e. The molecule has 1 aromatic heterocycles. The van der Waals surface area contributed by atoms with Crippen LogP contribution < -0.4 is 0 Å². The van der Waals surface area contributed by atoms with Crippen molar-refractivity contribution in [3.8, 4) is 0 Å². The molecule has 1 N–H and O–H groups in total. The Morgan fingerprint density at radius 2 is 2.21 bits per heavy atom. The molecule has 1 aromatic rings. The number of aromatic nitrogens is 3. The normalized spacial score (nSPS) is 23.7. The van der Waals surface area contributed by atoms with Gasteiger partial charge in [0, 0.05) is 32.2 Å². The number of hydrogen-bond acceptors (Lipinski definition) is 5. The minimum atomic E-state index is -0.486. The largest absolute Gasteiger partial charge is 0.387 e. The fourth-order valence-corrected chi connectivity index (χ4v) is 2.64. The van der Waals surface area contributed by atoms with Crippen molar-refractivity contribution in [2.75, 3.05) is 33.7 Å². The average molecular weight is 267 g/mol. The molecule has 0 aromatic carbocycles. The number of hydrogen-bond donors (Lipinski definition) is 1. The highest BCUT2D eigenvalue weighted by atomic mass is 16.3. The number of likely N-dealkylation sites (N-methyl/N-ethyl adjacent to an activating group) is 2. The van der Waals surface area contributed by atoms with Crippen LogP contribution in [0.4, 0.5) is 0 Å². The molecule has 108 valence electrons. The van der Waals surface area contributed by atoms with E-state index in [-0.39, 0.29) is 0 Å². The van der Waals surface area contributed by atoms with Crippen molar-refractivity contribution in [3.63, 3.8) is 0 Å². The Labute approximate surface area is 115 Å². The molecule has 0 aliphatic carbocycles. The number of aliphatic hydroxyl groups is 1. The summed E-state index contributed by atoms with van der Waals surface area (Å²) in [6.45, 7) is 6.07. The van der Waals surface area contributed by atoms with Crippen LogP contribution >= 0.6 is 0 Å². The fourth-order valence-electron chi connectivity index (χ4n) is 2.64. The summed E-state index contributed by atoms with van der Waals surface area (Å²) in [5.74, 6) is 0. The molecule has 19 heavy (non-hydrogen) atoms. The third kappa shape index (κ3) is 3.52. The molecule has 0 amide bonds. The van der Waals surface area contributed by atoms with Crippen molar-refractivity contribution in [1.82, 2.24) is 24.8 Å². The van der Waals surface area contributed by atoms with Crippen molar-refractivity contribution in [2.24, 2.45) is 0 Å². The molecule has 2 atom stereocenters. The number of nitrogens with zero attached hydrogens (tertiary/aromatic N) is 5. The predicted octanol–water partition coefficient (Wildman–Crippen LogP) is 0.357. The Morgan fingerprint density at radius 1 is 1.42 bits per heavy atom. The summed E-state index contributed by atoms with van der Waals surface area (Å²) in [4.78, 5) is 4.65. The van der Waals surface area contributed by atoms with Gasteiger partial charge >= 0.3 is 0 Å². The Hall–Kier alpha value is -0.980. The summed E-state index contributed by atoms with van der Waals surface area (Å²) in [6.07, 6.45) is 2.93. The van der Waals surface area contributed by atoms with Gasteiger partial charge in [-0.15, -0.1) is 5.10 Å². The van der Waals surface area contributed by atoms with Crippen LogP contribution in [0.1, 0.15) is 31.6 Å². The first-order chi connectivity index (χ1) is 9.11. The molecule has 2 unspecified atom stereocenters. The Morgan fingerprint density at radius 3 is 2.95 bits per heavy atom. The van der Waals surface area contributed by atoms with E-state index in [9.17, 15) is 5.11 Å². The maximum absolute atomic E-state index is 10.4. The van der Waals surface area contributed by atoms with Crippen LogP contribution in [0.15, 0.2) is 6.20 Å². The second-order valence-electron chi connectivity index (χ2n) is 5.53. The Balaban J connectivity index is 1.99. The molecule has 6 nitrogen and oxygen atoms in total. The summed E-state index contributed by atoms with van der Waals surface area (Å²) < 4.78 is 1.82. The molecule has 0 bridgehead atoms. The van der Waals surface area contributed by atoms with Crippen molar-refractivity contribution >= 4 is 0 Å². The first kappa shape index (κ1) is 14.4. The van der Waals surface area contributed by atoms with Gasteiger partial charge in [0.05, 0.1) is 18.0 Å². The highest BCUT2D eigenvalue weighted by Gasteiger charge is 2.26. The van der Waals surface area contributed by atoms with Crippen LogP contribution in [-0.4, -0.2) is 69.7 Å². The molecule has 0 radical (unpaired) electrons. The van der Waals surface area contributed by atoms with Gasteiger partial charge in [-0.25, -0.2) is 4.68 Å². The van der Waals surface area contributed by atoms with Crippen molar-refractivity contribution in [1.29, 1.82) is 0 Å². The zero-order valence-corrected chi connectivity index (χ0v) is 12.2. The maximum Gasteiger partial charge on any atom is 0.0988 e. The van der Waals surface area contributed by atoms with Crippen molar-refractivity contribution in [3.05, 3.63) is 11.9 Å². The van der Waals surface area contributed by atoms with E-state index in [2.05, 4.69) is 41.1 Å². The SMILES string of the molecule is CCCn1nncc1C(O)CC1CN(C)CCN1C. The quantitative estimate of drug-likeness (QED) is 0.834. The lowest BCUT2D eigenvalue weighted by Crippen LogP contribution is -2.50. The standard InChI is InChI=1S/C13H25N5O/c1-4-5-18-12(9-14-15-18)13(19)8-11-10-16(2)6-7-17(11)3/h9,11,13,19H,4-8,10H2,1-3H3. The molecule has 1 aliphatic heterocycles. The van der Waals surface area contributed by atoms with E-state index >= 15 is 0 Å². The molecular weight excluding hydrogens is 242 g/mol. The van der Waals surface area contributed by atoms with Gasteiger partial charge < -0.3 is 14.9 Å². The van der Waals surface area contributed by atoms with Crippen LogP contribution in [0.25, 0.3) is 0 Å². The summed E-state index contributed by atoms with van der Waals surface area (Å²) in [5.41, 5.74) is 0.837. The molecule has 2 heterocycles. The number of aliphatic hydroxyl groups excluding tert-OH is 1. The van der Waals surface area contributed by atoms with Crippen LogP contribution in [-0.2, 0) is 6.54 Å². The minimum absolute atomic E-state index is 0.388. The van der Waals surface area contributed by atoms with E-state index in [0.29, 0.717) is 6.04 Å². The first-order valence-electron chi connectivity index (χ1n) is 7.07. The molecule has 2 rings (SSSR count). The highest BCUT2D eigenvalue weighted by molar-refractivity contribution is 5.00. The summed E-state index contributed by atoms with van der Waals surface area (Å²) in [7, 11) is 4.27. The highest BCUT2D eigenvalue weighted by Crippen LogP contribution is 2.21. The van der Waals surface area contributed by atoms with Crippen LogP contribution in [0.5, 0.6) is 0 Å². The molecular formula is C13H25N5O. The Kier molecular flexibility index (Phi) is 4.90. The lowest BCUT2D eigenvalue weighted by Gasteiger charge is -2.38. The zero-order valence-electron chi connectivity index (χ0n) is 12.2. The topological polar surface area (TPSA) is 57.4 Å².